The number of rotatable bonds is 2. The Bertz CT molecular complexity index is 568. The molecule has 4 nitrogen and oxygen atoms in total. The summed E-state index contributed by atoms with van der Waals surface area (Å²) in [6.07, 6.45) is 1.78. The van der Waals surface area contributed by atoms with Gasteiger partial charge >= 0.3 is 0 Å². The van der Waals surface area contributed by atoms with Crippen molar-refractivity contribution in [1.82, 2.24) is 4.31 Å². The molecule has 108 valence electrons. The van der Waals surface area contributed by atoms with Crippen LogP contribution in [-0.2, 0) is 10.0 Å². The SMILES string of the molecule is CC1(O)CCCN(S(=O)(=O)c2cc(Br)sc2Br)CC1. The molecule has 0 spiro atoms. The van der Waals surface area contributed by atoms with Crippen LogP contribution in [0.5, 0.6) is 0 Å². The molecule has 1 saturated heterocycles. The quantitative estimate of drug-likeness (QED) is 0.780. The smallest absolute Gasteiger partial charge is 0.245 e. The fourth-order valence-corrected chi connectivity index (χ4v) is 7.36. The lowest BCUT2D eigenvalue weighted by Crippen LogP contribution is -2.33. The summed E-state index contributed by atoms with van der Waals surface area (Å²) in [6.45, 7) is 2.58. The van der Waals surface area contributed by atoms with Gasteiger partial charge in [-0.1, -0.05) is 0 Å². The summed E-state index contributed by atoms with van der Waals surface area (Å²) in [4.78, 5) is 0.297. The van der Waals surface area contributed by atoms with Gasteiger partial charge in [0.15, 0.2) is 0 Å². The van der Waals surface area contributed by atoms with Crippen molar-refractivity contribution in [3.8, 4) is 0 Å². The van der Waals surface area contributed by atoms with Crippen molar-refractivity contribution in [3.05, 3.63) is 13.6 Å². The van der Waals surface area contributed by atoms with Crippen LogP contribution in [0, 0.1) is 0 Å². The molecule has 1 aromatic rings. The summed E-state index contributed by atoms with van der Waals surface area (Å²) in [5, 5.41) is 10.0. The molecule has 1 aromatic heterocycles. The highest BCUT2D eigenvalue weighted by Gasteiger charge is 2.33. The van der Waals surface area contributed by atoms with Gasteiger partial charge in [-0.2, -0.15) is 4.31 Å². The largest absolute Gasteiger partial charge is 0.390 e. The van der Waals surface area contributed by atoms with Crippen molar-refractivity contribution >= 4 is 53.2 Å². The Hall–Kier alpha value is 0.530. The highest BCUT2D eigenvalue weighted by atomic mass is 79.9. The maximum atomic E-state index is 12.6. The third kappa shape index (κ3) is 3.59. The Morgan fingerprint density at radius 2 is 2.05 bits per heavy atom. The summed E-state index contributed by atoms with van der Waals surface area (Å²) in [5.41, 5.74) is -0.767. The van der Waals surface area contributed by atoms with Gasteiger partial charge in [-0.3, -0.25) is 0 Å². The van der Waals surface area contributed by atoms with Crippen LogP contribution in [0.4, 0.5) is 0 Å². The molecule has 1 aliphatic heterocycles. The number of aliphatic hydroxyl groups is 1. The van der Waals surface area contributed by atoms with Crippen molar-refractivity contribution < 1.29 is 13.5 Å². The normalized spacial score (nSPS) is 26.3. The molecular formula is C11H15Br2NO3S2. The van der Waals surface area contributed by atoms with E-state index in [-0.39, 0.29) is 0 Å². The Morgan fingerprint density at radius 1 is 1.37 bits per heavy atom. The van der Waals surface area contributed by atoms with E-state index in [1.54, 1.807) is 13.0 Å². The first-order valence-electron chi connectivity index (χ1n) is 5.90. The van der Waals surface area contributed by atoms with Crippen LogP contribution in [0.3, 0.4) is 0 Å². The zero-order valence-electron chi connectivity index (χ0n) is 10.4. The average molecular weight is 433 g/mol. The third-order valence-electron chi connectivity index (χ3n) is 3.27. The molecule has 8 heteroatoms. The number of sulfonamides is 1. The number of hydrogen-bond acceptors (Lipinski definition) is 4. The first kappa shape index (κ1) is 15.9. The van der Waals surface area contributed by atoms with E-state index in [2.05, 4.69) is 31.9 Å². The van der Waals surface area contributed by atoms with Crippen molar-refractivity contribution in [1.29, 1.82) is 0 Å². The molecule has 0 bridgehead atoms. The number of nitrogens with zero attached hydrogens (tertiary/aromatic N) is 1. The van der Waals surface area contributed by atoms with Crippen molar-refractivity contribution in [2.75, 3.05) is 13.1 Å². The maximum Gasteiger partial charge on any atom is 0.245 e. The number of thiophene rings is 1. The topological polar surface area (TPSA) is 57.6 Å². The molecule has 2 rings (SSSR count). The van der Waals surface area contributed by atoms with Gasteiger partial charge in [-0.25, -0.2) is 8.42 Å². The van der Waals surface area contributed by atoms with Crippen LogP contribution in [0.15, 0.2) is 18.5 Å². The van der Waals surface area contributed by atoms with E-state index < -0.39 is 15.6 Å². The molecule has 1 N–H and O–H groups in total. The van der Waals surface area contributed by atoms with E-state index in [1.165, 1.54) is 15.6 Å². The summed E-state index contributed by atoms with van der Waals surface area (Å²) >= 11 is 7.94. The lowest BCUT2D eigenvalue weighted by Gasteiger charge is -2.22. The summed E-state index contributed by atoms with van der Waals surface area (Å²) < 4.78 is 28.0. The van der Waals surface area contributed by atoms with Crippen molar-refractivity contribution in [3.63, 3.8) is 0 Å². The molecule has 19 heavy (non-hydrogen) atoms. The van der Waals surface area contributed by atoms with Crippen molar-refractivity contribution in [2.45, 2.75) is 36.7 Å². The van der Waals surface area contributed by atoms with E-state index in [1.807, 2.05) is 0 Å². The minimum absolute atomic E-state index is 0.297. The van der Waals surface area contributed by atoms with Crippen LogP contribution >= 0.6 is 43.2 Å². The maximum absolute atomic E-state index is 12.6. The van der Waals surface area contributed by atoms with Gasteiger partial charge in [0.05, 0.1) is 13.2 Å². The van der Waals surface area contributed by atoms with Gasteiger partial charge in [0, 0.05) is 13.1 Å². The minimum atomic E-state index is -3.49. The standard InChI is InChI=1S/C11H15Br2NO3S2/c1-11(15)3-2-5-14(6-4-11)19(16,17)8-7-9(12)18-10(8)13/h7,15H,2-6H2,1H3. The number of hydrogen-bond donors (Lipinski definition) is 1. The van der Waals surface area contributed by atoms with Crippen LogP contribution in [0.25, 0.3) is 0 Å². The Balaban J connectivity index is 2.28. The van der Waals surface area contributed by atoms with E-state index in [9.17, 15) is 13.5 Å². The van der Waals surface area contributed by atoms with E-state index in [4.69, 9.17) is 0 Å². The second-order valence-electron chi connectivity index (χ2n) is 4.94. The lowest BCUT2D eigenvalue weighted by atomic mass is 9.98. The molecular weight excluding hydrogens is 418 g/mol. The third-order valence-corrected chi connectivity index (χ3v) is 7.92. The second-order valence-corrected chi connectivity index (χ2v) is 10.6. The predicted octanol–water partition coefficient (Wildman–Crippen LogP) is 3.20. The van der Waals surface area contributed by atoms with Gasteiger partial charge in [0.25, 0.3) is 0 Å². The molecule has 0 amide bonds. The lowest BCUT2D eigenvalue weighted by molar-refractivity contribution is 0.0465. The average Bonchev–Trinajstić information content (AvgIpc) is 2.52. The highest BCUT2D eigenvalue weighted by Crippen LogP contribution is 2.37. The Morgan fingerprint density at radius 3 is 2.63 bits per heavy atom. The van der Waals surface area contributed by atoms with Crippen LogP contribution in [0.2, 0.25) is 0 Å². The highest BCUT2D eigenvalue weighted by molar-refractivity contribution is 9.12. The molecule has 1 fully saturated rings. The summed E-state index contributed by atoms with van der Waals surface area (Å²) in [7, 11) is -3.49. The monoisotopic (exact) mass is 431 g/mol. The Labute approximate surface area is 134 Å². The zero-order valence-corrected chi connectivity index (χ0v) is 15.2. The van der Waals surface area contributed by atoms with Gasteiger partial charge in [-0.05, 0) is 64.1 Å². The second kappa shape index (κ2) is 5.73. The van der Waals surface area contributed by atoms with Crippen LogP contribution < -0.4 is 0 Å². The fraction of sp³-hybridized carbons (Fsp3) is 0.636. The van der Waals surface area contributed by atoms with Gasteiger partial charge < -0.3 is 5.11 Å². The summed E-state index contributed by atoms with van der Waals surface area (Å²) in [6, 6.07) is 1.62. The molecule has 0 radical (unpaired) electrons. The summed E-state index contributed by atoms with van der Waals surface area (Å²) in [5.74, 6) is 0. The molecule has 1 unspecified atom stereocenters. The van der Waals surface area contributed by atoms with Crippen molar-refractivity contribution in [2.24, 2.45) is 0 Å². The molecule has 1 atom stereocenters. The van der Waals surface area contributed by atoms with Gasteiger partial charge in [-0.15, -0.1) is 11.3 Å². The molecule has 0 aromatic carbocycles. The first-order chi connectivity index (χ1) is 8.72. The molecule has 1 aliphatic rings. The fourth-order valence-electron chi connectivity index (χ4n) is 2.12. The Kier molecular flexibility index (Phi) is 4.80. The minimum Gasteiger partial charge on any atom is -0.390 e. The van der Waals surface area contributed by atoms with E-state index >= 15 is 0 Å². The van der Waals surface area contributed by atoms with Gasteiger partial charge in [0.2, 0.25) is 10.0 Å². The zero-order chi connectivity index (χ0) is 14.3. The molecule has 0 saturated carbocycles. The first-order valence-corrected chi connectivity index (χ1v) is 9.74. The van der Waals surface area contributed by atoms with Crippen LogP contribution in [0.1, 0.15) is 26.2 Å². The van der Waals surface area contributed by atoms with Gasteiger partial charge in [0.1, 0.15) is 4.90 Å². The molecule has 2 heterocycles. The van der Waals surface area contributed by atoms with Crippen LogP contribution in [-0.4, -0.2) is 36.5 Å². The number of halogens is 2. The molecule has 0 aliphatic carbocycles. The van der Waals surface area contributed by atoms with E-state index in [0.29, 0.717) is 41.0 Å². The van der Waals surface area contributed by atoms with E-state index in [0.717, 1.165) is 3.79 Å². The predicted molar refractivity (Wildman–Crippen MR) is 83.0 cm³/mol.